The van der Waals surface area contributed by atoms with Gasteiger partial charge in [-0.05, 0) is 29.9 Å². The maximum absolute atomic E-state index is 12.3. The number of hydrogen-bond donors (Lipinski definition) is 3. The number of carbonyl (C=O) groups excluding carboxylic acids is 1. The van der Waals surface area contributed by atoms with E-state index in [0.29, 0.717) is 17.9 Å². The summed E-state index contributed by atoms with van der Waals surface area (Å²) in [5, 5.41) is 4.11. The molecule has 2 fully saturated rings. The molecule has 1 saturated heterocycles. The van der Waals surface area contributed by atoms with E-state index < -0.39 is 0 Å². The van der Waals surface area contributed by atoms with Crippen molar-refractivity contribution in [3.63, 3.8) is 0 Å². The lowest BCUT2D eigenvalue weighted by Crippen LogP contribution is -2.44. The van der Waals surface area contributed by atoms with Crippen LogP contribution in [-0.4, -0.2) is 24.2 Å². The summed E-state index contributed by atoms with van der Waals surface area (Å²) >= 11 is 0. The smallest absolute Gasteiger partial charge is 0.258 e. The molecule has 0 bridgehead atoms. The first-order chi connectivity index (χ1) is 11.1. The molecule has 1 amide bonds. The number of fused-ring (bicyclic) bond motifs is 1. The Kier molecular flexibility index (Phi) is 5.08. The van der Waals surface area contributed by atoms with Crippen LogP contribution < -0.4 is 16.3 Å². The van der Waals surface area contributed by atoms with Crippen molar-refractivity contribution < 1.29 is 4.79 Å². The van der Waals surface area contributed by atoms with Gasteiger partial charge in [-0.25, -0.2) is 10.9 Å². The van der Waals surface area contributed by atoms with Crippen LogP contribution in [0.4, 0.5) is 0 Å². The molecule has 1 aromatic carbocycles. The highest BCUT2D eigenvalue weighted by Gasteiger charge is 2.40. The van der Waals surface area contributed by atoms with Gasteiger partial charge in [-0.2, -0.15) is 5.10 Å². The Balaban J connectivity index is 1.54. The molecule has 5 heteroatoms. The standard InChI is InChI=1S/C18H26N4O/c1-12(2)14-9-7-13(8-10-14)11-19-22-18(23)17-15-5-3-4-6-16(15)20-21-17/h7-12,15-17,20-21H,3-6H2,1-2H3,(H,22,23)/b19-11+. The third kappa shape index (κ3) is 3.79. The van der Waals surface area contributed by atoms with Crippen molar-refractivity contribution in [2.75, 3.05) is 0 Å². The van der Waals surface area contributed by atoms with Gasteiger partial charge < -0.3 is 0 Å². The molecule has 0 radical (unpaired) electrons. The molecule has 3 unspecified atom stereocenters. The fourth-order valence-corrected chi connectivity index (χ4v) is 3.51. The molecule has 1 aliphatic carbocycles. The second kappa shape index (κ2) is 7.23. The Hall–Kier alpha value is -1.72. The summed E-state index contributed by atoms with van der Waals surface area (Å²) in [5.74, 6) is 0.844. The first-order valence-electron chi connectivity index (χ1n) is 8.59. The van der Waals surface area contributed by atoms with Gasteiger partial charge in [-0.1, -0.05) is 51.0 Å². The molecular formula is C18H26N4O. The summed E-state index contributed by atoms with van der Waals surface area (Å²) in [4.78, 5) is 12.3. The first kappa shape index (κ1) is 16.1. The van der Waals surface area contributed by atoms with E-state index in [2.05, 4.69) is 47.4 Å². The zero-order chi connectivity index (χ0) is 16.2. The third-order valence-corrected chi connectivity index (χ3v) is 4.95. The summed E-state index contributed by atoms with van der Waals surface area (Å²) in [5.41, 5.74) is 11.3. The molecule has 3 atom stereocenters. The Morgan fingerprint density at radius 1 is 1.22 bits per heavy atom. The van der Waals surface area contributed by atoms with Crippen molar-refractivity contribution >= 4 is 12.1 Å². The van der Waals surface area contributed by atoms with Crippen LogP contribution in [0, 0.1) is 5.92 Å². The number of rotatable bonds is 4. The minimum atomic E-state index is -0.180. The van der Waals surface area contributed by atoms with Crippen molar-refractivity contribution in [2.45, 2.75) is 57.5 Å². The summed E-state index contributed by atoms with van der Waals surface area (Å²) in [6.07, 6.45) is 6.40. The number of benzene rings is 1. The summed E-state index contributed by atoms with van der Waals surface area (Å²) < 4.78 is 0. The topological polar surface area (TPSA) is 65.5 Å². The van der Waals surface area contributed by atoms with E-state index >= 15 is 0 Å². The number of amides is 1. The van der Waals surface area contributed by atoms with Gasteiger partial charge >= 0.3 is 0 Å². The van der Waals surface area contributed by atoms with Crippen LogP contribution in [0.25, 0.3) is 0 Å². The molecular weight excluding hydrogens is 288 g/mol. The van der Waals surface area contributed by atoms with E-state index in [4.69, 9.17) is 0 Å². The predicted octanol–water partition coefficient (Wildman–Crippen LogP) is 2.30. The van der Waals surface area contributed by atoms with Crippen LogP contribution in [0.2, 0.25) is 0 Å². The van der Waals surface area contributed by atoms with Crippen molar-refractivity contribution in [2.24, 2.45) is 11.0 Å². The third-order valence-electron chi connectivity index (χ3n) is 4.95. The minimum absolute atomic E-state index is 0.0537. The van der Waals surface area contributed by atoms with Gasteiger partial charge in [0.25, 0.3) is 5.91 Å². The number of nitrogens with zero attached hydrogens (tertiary/aromatic N) is 1. The normalized spacial score (nSPS) is 27.3. The summed E-state index contributed by atoms with van der Waals surface area (Å²) in [6.45, 7) is 4.34. The molecule has 2 aliphatic rings. The van der Waals surface area contributed by atoms with Gasteiger partial charge in [-0.3, -0.25) is 10.2 Å². The highest BCUT2D eigenvalue weighted by molar-refractivity contribution is 5.85. The number of carbonyl (C=O) groups is 1. The Bertz CT molecular complexity index is 567. The zero-order valence-electron chi connectivity index (χ0n) is 13.9. The van der Waals surface area contributed by atoms with E-state index in [-0.39, 0.29) is 11.9 Å². The van der Waals surface area contributed by atoms with E-state index in [1.165, 1.54) is 18.4 Å². The number of hydrogen-bond acceptors (Lipinski definition) is 4. The van der Waals surface area contributed by atoms with Gasteiger partial charge in [0.2, 0.25) is 0 Å². The molecule has 3 rings (SSSR count). The number of hydrazine groups is 1. The van der Waals surface area contributed by atoms with E-state index in [1.54, 1.807) is 6.21 Å². The van der Waals surface area contributed by atoms with Crippen molar-refractivity contribution in [1.29, 1.82) is 0 Å². The largest absolute Gasteiger partial charge is 0.271 e. The van der Waals surface area contributed by atoms with E-state index in [1.807, 2.05) is 12.1 Å². The van der Waals surface area contributed by atoms with Crippen LogP contribution in [0.3, 0.4) is 0 Å². The summed E-state index contributed by atoms with van der Waals surface area (Å²) in [7, 11) is 0. The molecule has 5 nitrogen and oxygen atoms in total. The van der Waals surface area contributed by atoms with Crippen LogP contribution in [0.15, 0.2) is 29.4 Å². The maximum Gasteiger partial charge on any atom is 0.258 e. The van der Waals surface area contributed by atoms with Gasteiger partial charge in [-0.15, -0.1) is 0 Å². The molecule has 124 valence electrons. The maximum atomic E-state index is 12.3. The van der Waals surface area contributed by atoms with Crippen LogP contribution in [0.5, 0.6) is 0 Å². The quantitative estimate of drug-likeness (QED) is 0.590. The predicted molar refractivity (Wildman–Crippen MR) is 92.1 cm³/mol. The monoisotopic (exact) mass is 314 g/mol. The second-order valence-corrected chi connectivity index (χ2v) is 6.88. The van der Waals surface area contributed by atoms with Gasteiger partial charge in [0.05, 0.1) is 6.21 Å². The zero-order valence-corrected chi connectivity index (χ0v) is 13.9. The molecule has 1 aliphatic heterocycles. The van der Waals surface area contributed by atoms with Gasteiger partial charge in [0, 0.05) is 12.0 Å². The van der Waals surface area contributed by atoms with Crippen LogP contribution in [0.1, 0.15) is 56.6 Å². The number of nitrogens with one attached hydrogen (secondary N) is 3. The fraction of sp³-hybridized carbons (Fsp3) is 0.556. The average molecular weight is 314 g/mol. The Morgan fingerprint density at radius 2 is 1.96 bits per heavy atom. The average Bonchev–Trinajstić information content (AvgIpc) is 2.99. The Labute approximate surface area is 137 Å². The van der Waals surface area contributed by atoms with Crippen LogP contribution in [-0.2, 0) is 4.79 Å². The molecule has 23 heavy (non-hydrogen) atoms. The Morgan fingerprint density at radius 3 is 2.70 bits per heavy atom. The lowest BCUT2D eigenvalue weighted by molar-refractivity contribution is -0.123. The summed E-state index contributed by atoms with van der Waals surface area (Å²) in [6, 6.07) is 8.49. The molecule has 1 aromatic rings. The van der Waals surface area contributed by atoms with Crippen molar-refractivity contribution in [1.82, 2.24) is 16.3 Å². The lowest BCUT2D eigenvalue weighted by atomic mass is 9.81. The SMILES string of the molecule is CC(C)c1ccc(/C=N/NC(=O)C2NNC3CCCCC32)cc1. The minimum Gasteiger partial charge on any atom is -0.271 e. The van der Waals surface area contributed by atoms with Crippen molar-refractivity contribution in [3.05, 3.63) is 35.4 Å². The molecule has 1 heterocycles. The molecule has 3 N–H and O–H groups in total. The first-order valence-corrected chi connectivity index (χ1v) is 8.59. The van der Waals surface area contributed by atoms with Crippen molar-refractivity contribution in [3.8, 4) is 0 Å². The molecule has 0 spiro atoms. The molecule has 1 saturated carbocycles. The lowest BCUT2D eigenvalue weighted by Gasteiger charge is -2.26. The molecule has 0 aromatic heterocycles. The van der Waals surface area contributed by atoms with Crippen LogP contribution >= 0.6 is 0 Å². The van der Waals surface area contributed by atoms with Gasteiger partial charge in [0.1, 0.15) is 6.04 Å². The highest BCUT2D eigenvalue weighted by Crippen LogP contribution is 2.30. The van der Waals surface area contributed by atoms with E-state index in [9.17, 15) is 4.79 Å². The fourth-order valence-electron chi connectivity index (χ4n) is 3.51. The number of hydrazone groups is 1. The second-order valence-electron chi connectivity index (χ2n) is 6.88. The van der Waals surface area contributed by atoms with Gasteiger partial charge in [0.15, 0.2) is 0 Å². The highest BCUT2D eigenvalue weighted by atomic mass is 16.2. The van der Waals surface area contributed by atoms with E-state index in [0.717, 1.165) is 18.4 Å².